The Morgan fingerprint density at radius 3 is 2.91 bits per heavy atom. The van der Waals surface area contributed by atoms with Gasteiger partial charge in [-0.25, -0.2) is 0 Å². The van der Waals surface area contributed by atoms with Crippen LogP contribution >= 0.6 is 23.2 Å². The van der Waals surface area contributed by atoms with Gasteiger partial charge < -0.3 is 0 Å². The third-order valence-corrected chi connectivity index (χ3v) is 3.22. The van der Waals surface area contributed by atoms with Gasteiger partial charge >= 0.3 is 0 Å². The summed E-state index contributed by atoms with van der Waals surface area (Å²) in [6, 6.07) is 0.834. The Hall–Kier alpha value is 0.280. The van der Waals surface area contributed by atoms with Crippen LogP contribution in [0.1, 0.15) is 12.8 Å². The monoisotopic (exact) mass is 191 g/mol. The zero-order chi connectivity index (χ0) is 7.84. The molecule has 0 amide bonds. The number of hydrogen-bond donors (Lipinski definition) is 0. The van der Waals surface area contributed by atoms with Gasteiger partial charge in [-0.1, -0.05) is 23.2 Å². The molecule has 2 atom stereocenters. The highest BCUT2D eigenvalue weighted by atomic mass is 35.5. The maximum Gasteiger partial charge on any atom is 0.0434 e. The Morgan fingerprint density at radius 1 is 1.64 bits per heavy atom. The largest absolute Gasteiger partial charge is 0.295 e. The summed E-state index contributed by atoms with van der Waals surface area (Å²) in [5, 5.41) is 0.763. The predicted octanol–water partition coefficient (Wildman–Crippen LogP) is 2.40. The zero-order valence-corrected chi connectivity index (χ0v) is 7.78. The van der Waals surface area contributed by atoms with Crippen LogP contribution in [-0.4, -0.2) is 24.0 Å². The number of hydrogen-bond acceptors (Lipinski definition) is 1. The van der Waals surface area contributed by atoms with Crippen LogP contribution < -0.4 is 0 Å². The maximum absolute atomic E-state index is 5.82. The van der Waals surface area contributed by atoms with Crippen molar-refractivity contribution in [2.24, 2.45) is 5.92 Å². The first-order valence-corrected chi connectivity index (χ1v) is 4.81. The van der Waals surface area contributed by atoms with Gasteiger partial charge in [0.15, 0.2) is 0 Å². The lowest BCUT2D eigenvalue weighted by Crippen LogP contribution is -2.24. The molecule has 1 saturated carbocycles. The van der Waals surface area contributed by atoms with E-state index in [9.17, 15) is 0 Å². The number of piperidine rings is 1. The van der Waals surface area contributed by atoms with Crippen LogP contribution in [-0.2, 0) is 0 Å². The Bertz CT molecular complexity index is 191. The molecule has 2 aliphatic rings. The number of rotatable bonds is 2. The molecule has 3 heteroatoms. The molecule has 1 aliphatic heterocycles. The molecule has 0 aromatic heterocycles. The van der Waals surface area contributed by atoms with Gasteiger partial charge in [0.05, 0.1) is 0 Å². The third-order valence-electron chi connectivity index (χ3n) is 2.61. The summed E-state index contributed by atoms with van der Waals surface area (Å²) in [6.07, 6.45) is 2.74. The summed E-state index contributed by atoms with van der Waals surface area (Å²) in [4.78, 5) is 2.42. The number of halogens is 2. The standard InChI is InChI=1S/C8H11Cl2N/c9-4-7(10)5-11-2-1-6-3-8(6)11/h4,6,8H,1-3,5H2/b7-4+. The minimum atomic E-state index is 0.763. The minimum absolute atomic E-state index is 0.763. The highest BCUT2D eigenvalue weighted by molar-refractivity contribution is 6.36. The van der Waals surface area contributed by atoms with Gasteiger partial charge in [0.25, 0.3) is 0 Å². The Morgan fingerprint density at radius 2 is 2.45 bits per heavy atom. The van der Waals surface area contributed by atoms with Crippen LogP contribution in [0.3, 0.4) is 0 Å². The first-order valence-electron chi connectivity index (χ1n) is 4.00. The molecular formula is C8H11Cl2N. The molecule has 2 fully saturated rings. The normalized spacial score (nSPS) is 37.5. The van der Waals surface area contributed by atoms with Crippen molar-refractivity contribution in [3.63, 3.8) is 0 Å². The van der Waals surface area contributed by atoms with Gasteiger partial charge in [-0.2, -0.15) is 0 Å². The van der Waals surface area contributed by atoms with Crippen molar-refractivity contribution in [2.45, 2.75) is 18.9 Å². The molecule has 1 nitrogen and oxygen atoms in total. The second kappa shape index (κ2) is 2.96. The molecule has 0 N–H and O–H groups in total. The van der Waals surface area contributed by atoms with Crippen LogP contribution in [0.15, 0.2) is 10.6 Å². The van der Waals surface area contributed by atoms with E-state index >= 15 is 0 Å². The molecule has 1 heterocycles. The highest BCUT2D eigenvalue weighted by Crippen LogP contribution is 2.44. The minimum Gasteiger partial charge on any atom is -0.295 e. The summed E-state index contributed by atoms with van der Waals surface area (Å²) in [5.74, 6) is 0.981. The van der Waals surface area contributed by atoms with E-state index in [0.717, 1.165) is 23.5 Å². The fourth-order valence-electron chi connectivity index (χ4n) is 1.91. The number of fused-ring (bicyclic) bond motifs is 1. The lowest BCUT2D eigenvalue weighted by Gasteiger charge is -2.15. The third kappa shape index (κ3) is 1.56. The van der Waals surface area contributed by atoms with E-state index in [0.29, 0.717) is 0 Å². The molecule has 0 bridgehead atoms. The SMILES string of the molecule is Cl/C=C(/Cl)CN1CCC2CC21. The van der Waals surface area contributed by atoms with Crippen molar-refractivity contribution in [3.05, 3.63) is 10.6 Å². The van der Waals surface area contributed by atoms with Crippen LogP contribution in [0.2, 0.25) is 0 Å². The number of likely N-dealkylation sites (tertiary alicyclic amines) is 1. The lowest BCUT2D eigenvalue weighted by molar-refractivity contribution is 0.331. The first-order chi connectivity index (χ1) is 5.31. The second-order valence-electron chi connectivity index (χ2n) is 3.38. The summed E-state index contributed by atoms with van der Waals surface area (Å²) in [7, 11) is 0. The summed E-state index contributed by atoms with van der Waals surface area (Å²) < 4.78 is 0. The molecule has 0 radical (unpaired) electrons. The van der Waals surface area contributed by atoms with Gasteiger partial charge in [-0.05, 0) is 25.3 Å². The second-order valence-corrected chi connectivity index (χ2v) is 4.08. The van der Waals surface area contributed by atoms with Gasteiger partial charge in [-0.3, -0.25) is 4.90 Å². The molecule has 11 heavy (non-hydrogen) atoms. The molecule has 0 spiro atoms. The fraction of sp³-hybridized carbons (Fsp3) is 0.750. The molecule has 1 aliphatic carbocycles. The van der Waals surface area contributed by atoms with Crippen molar-refractivity contribution in [3.8, 4) is 0 Å². The van der Waals surface area contributed by atoms with Gasteiger partial charge in [0.1, 0.15) is 0 Å². The van der Waals surface area contributed by atoms with Crippen LogP contribution in [0, 0.1) is 5.92 Å². The average Bonchev–Trinajstić information content (AvgIpc) is 2.70. The summed E-state index contributed by atoms with van der Waals surface area (Å²) in [6.45, 7) is 2.06. The Balaban J connectivity index is 1.87. The van der Waals surface area contributed by atoms with E-state index < -0.39 is 0 Å². The van der Waals surface area contributed by atoms with E-state index in [1.807, 2.05) is 0 Å². The highest BCUT2D eigenvalue weighted by Gasteiger charge is 2.46. The molecule has 1 saturated heterocycles. The topological polar surface area (TPSA) is 3.24 Å². The van der Waals surface area contributed by atoms with Gasteiger partial charge in [-0.15, -0.1) is 0 Å². The summed E-state index contributed by atoms with van der Waals surface area (Å²) >= 11 is 11.3. The van der Waals surface area contributed by atoms with Crippen molar-refractivity contribution in [1.29, 1.82) is 0 Å². The quantitative estimate of drug-likeness (QED) is 0.649. The number of nitrogens with zero attached hydrogens (tertiary/aromatic N) is 1. The average molecular weight is 192 g/mol. The van der Waals surface area contributed by atoms with Crippen LogP contribution in [0.4, 0.5) is 0 Å². The lowest BCUT2D eigenvalue weighted by atomic mass is 10.3. The molecule has 2 unspecified atom stereocenters. The predicted molar refractivity (Wildman–Crippen MR) is 47.9 cm³/mol. The van der Waals surface area contributed by atoms with Crippen molar-refractivity contribution in [2.75, 3.05) is 13.1 Å². The van der Waals surface area contributed by atoms with Crippen molar-refractivity contribution in [1.82, 2.24) is 4.90 Å². The van der Waals surface area contributed by atoms with Crippen LogP contribution in [0.25, 0.3) is 0 Å². The van der Waals surface area contributed by atoms with Gasteiger partial charge in [0.2, 0.25) is 0 Å². The maximum atomic E-state index is 5.82. The Kier molecular flexibility index (Phi) is 2.13. The smallest absolute Gasteiger partial charge is 0.0434 e. The van der Waals surface area contributed by atoms with Crippen molar-refractivity contribution < 1.29 is 0 Å². The molecule has 62 valence electrons. The Labute approximate surface area is 77.0 Å². The van der Waals surface area contributed by atoms with E-state index in [1.165, 1.54) is 24.9 Å². The van der Waals surface area contributed by atoms with Crippen LogP contribution in [0.5, 0.6) is 0 Å². The van der Waals surface area contributed by atoms with E-state index in [2.05, 4.69) is 4.90 Å². The first kappa shape index (κ1) is 7.90. The van der Waals surface area contributed by atoms with E-state index in [4.69, 9.17) is 23.2 Å². The fourth-order valence-corrected chi connectivity index (χ4v) is 2.13. The molecule has 0 aromatic rings. The summed E-state index contributed by atoms with van der Waals surface area (Å²) in [5.41, 5.74) is 1.47. The zero-order valence-electron chi connectivity index (χ0n) is 6.26. The van der Waals surface area contributed by atoms with E-state index in [-0.39, 0.29) is 0 Å². The van der Waals surface area contributed by atoms with Gasteiger partial charge in [0, 0.05) is 23.2 Å². The van der Waals surface area contributed by atoms with E-state index in [1.54, 1.807) is 0 Å². The molecular weight excluding hydrogens is 181 g/mol. The molecule has 2 rings (SSSR count). The van der Waals surface area contributed by atoms with Crippen molar-refractivity contribution >= 4 is 23.2 Å². The molecule has 0 aromatic carbocycles.